The first kappa shape index (κ1) is 29.2. The van der Waals surface area contributed by atoms with Gasteiger partial charge in [0.2, 0.25) is 0 Å². The number of para-hydroxylation sites is 1. The van der Waals surface area contributed by atoms with Gasteiger partial charge in [0.25, 0.3) is 5.56 Å². The molecule has 1 aromatic heterocycles. The van der Waals surface area contributed by atoms with E-state index in [1.165, 1.54) is 17.7 Å². The van der Waals surface area contributed by atoms with Crippen LogP contribution in [0.2, 0.25) is 0 Å². The van der Waals surface area contributed by atoms with Crippen LogP contribution in [0.5, 0.6) is 17.2 Å². The minimum atomic E-state index is -3.52. The van der Waals surface area contributed by atoms with E-state index in [2.05, 4.69) is 5.32 Å². The molecule has 9 nitrogen and oxygen atoms in total. The Kier molecular flexibility index (Phi) is 8.88. The highest BCUT2D eigenvalue weighted by Crippen LogP contribution is 2.41. The van der Waals surface area contributed by atoms with Crippen molar-refractivity contribution in [1.29, 1.82) is 0 Å². The normalized spacial score (nSPS) is 17.2. The molecule has 1 fully saturated rings. The van der Waals surface area contributed by atoms with E-state index in [1.807, 2.05) is 32.0 Å². The minimum Gasteiger partial charge on any atom is -0.490 e. The molecular formula is C30H36N2O7S. The number of benzene rings is 2. The quantitative estimate of drug-likeness (QED) is 0.392. The lowest BCUT2D eigenvalue weighted by molar-refractivity contribution is 0.129. The number of nitrogens with zero attached hydrogens (tertiary/aromatic N) is 1. The Balaban J connectivity index is 1.76. The summed E-state index contributed by atoms with van der Waals surface area (Å²) in [7, 11) is -0.550. The fourth-order valence-corrected chi connectivity index (χ4v) is 5.79. The van der Waals surface area contributed by atoms with Crippen LogP contribution in [-0.2, 0) is 21.6 Å². The molecule has 4 rings (SSSR count). The Morgan fingerprint density at radius 1 is 1.00 bits per heavy atom. The number of nitrogens with one attached hydrogen (secondary N) is 1. The fraction of sp³-hybridized carbons (Fsp3) is 0.400. The molecule has 214 valence electrons. The summed E-state index contributed by atoms with van der Waals surface area (Å²) in [6, 6.07) is 12.1. The van der Waals surface area contributed by atoms with Crippen LogP contribution < -0.4 is 20.3 Å². The number of hydrogen-bond donors (Lipinski definition) is 1. The van der Waals surface area contributed by atoms with Crippen LogP contribution in [0.4, 0.5) is 4.79 Å². The third-order valence-electron chi connectivity index (χ3n) is 7.27. The molecule has 0 atom stereocenters. The molecule has 0 saturated heterocycles. The monoisotopic (exact) mass is 568 g/mol. The van der Waals surface area contributed by atoms with Gasteiger partial charge in [0.15, 0.2) is 9.84 Å². The lowest BCUT2D eigenvalue weighted by atomic mass is 9.93. The van der Waals surface area contributed by atoms with Crippen LogP contribution in [0.25, 0.3) is 11.1 Å². The molecule has 1 N–H and O–H groups in total. The van der Waals surface area contributed by atoms with Gasteiger partial charge in [-0.15, -0.1) is 0 Å². The van der Waals surface area contributed by atoms with Gasteiger partial charge in [-0.25, -0.2) is 13.2 Å². The van der Waals surface area contributed by atoms with E-state index in [0.717, 1.165) is 11.1 Å². The maximum atomic E-state index is 12.8. The van der Waals surface area contributed by atoms with Crippen LogP contribution in [0.3, 0.4) is 0 Å². The van der Waals surface area contributed by atoms with E-state index in [-0.39, 0.29) is 28.4 Å². The minimum absolute atomic E-state index is 0.0105. The number of carbonyl (C=O) groups excluding carboxylic acids is 1. The number of aryl methyl sites for hydroxylation is 3. The van der Waals surface area contributed by atoms with Gasteiger partial charge in [-0.05, 0) is 68.9 Å². The highest BCUT2D eigenvalue weighted by atomic mass is 32.2. The average Bonchev–Trinajstić information content (AvgIpc) is 2.93. The zero-order chi connectivity index (χ0) is 29.0. The van der Waals surface area contributed by atoms with Crippen molar-refractivity contribution in [3.8, 4) is 28.4 Å². The Labute approximate surface area is 235 Å². The molecule has 0 aliphatic heterocycles. The van der Waals surface area contributed by atoms with Crippen LogP contribution >= 0.6 is 0 Å². The summed E-state index contributed by atoms with van der Waals surface area (Å²) >= 11 is 0. The number of sulfone groups is 1. The molecule has 0 spiro atoms. The lowest BCUT2D eigenvalue weighted by Gasteiger charge is -2.30. The second-order valence-electron chi connectivity index (χ2n) is 10.1. The summed E-state index contributed by atoms with van der Waals surface area (Å²) in [6.07, 6.45) is 3.73. The molecule has 1 aliphatic rings. The number of rotatable bonds is 8. The smallest absolute Gasteiger partial charge is 0.407 e. The second kappa shape index (κ2) is 12.2. The molecule has 3 aromatic rings. The summed E-state index contributed by atoms with van der Waals surface area (Å²) < 4.78 is 44.6. The molecule has 2 aromatic carbocycles. The van der Waals surface area contributed by atoms with Crippen LogP contribution in [0.15, 0.2) is 58.4 Å². The van der Waals surface area contributed by atoms with Crippen LogP contribution in [-0.4, -0.2) is 44.1 Å². The van der Waals surface area contributed by atoms with Crippen molar-refractivity contribution in [3.63, 3.8) is 0 Å². The van der Waals surface area contributed by atoms with Crippen molar-refractivity contribution in [3.05, 3.63) is 70.1 Å². The summed E-state index contributed by atoms with van der Waals surface area (Å²) in [6.45, 7) is 5.50. The van der Waals surface area contributed by atoms with E-state index in [9.17, 15) is 18.0 Å². The van der Waals surface area contributed by atoms with Gasteiger partial charge in [0.1, 0.15) is 17.2 Å². The maximum Gasteiger partial charge on any atom is 0.407 e. The van der Waals surface area contributed by atoms with Gasteiger partial charge >= 0.3 is 6.09 Å². The van der Waals surface area contributed by atoms with E-state index in [0.29, 0.717) is 54.1 Å². The SMILES string of the molecule is CCS(=O)(=O)c1ccc(Oc2c(C)cccc2C)c(-c2cn(C)c(=O)cc2O[C@H]2CC[C@H](NC(=O)OC)CC2)c1. The zero-order valence-electron chi connectivity index (χ0n) is 23.5. The van der Waals surface area contributed by atoms with Gasteiger partial charge < -0.3 is 24.1 Å². The first-order valence-corrected chi connectivity index (χ1v) is 15.0. The van der Waals surface area contributed by atoms with Crippen molar-refractivity contribution >= 4 is 15.9 Å². The Morgan fingerprint density at radius 2 is 1.68 bits per heavy atom. The first-order chi connectivity index (χ1) is 19.0. The van der Waals surface area contributed by atoms with Crippen LogP contribution in [0, 0.1) is 13.8 Å². The Hall–Kier alpha value is -3.79. The largest absolute Gasteiger partial charge is 0.490 e. The summed E-state index contributed by atoms with van der Waals surface area (Å²) in [5.74, 6) is 1.42. The fourth-order valence-electron chi connectivity index (χ4n) is 4.88. The Morgan fingerprint density at radius 3 is 2.30 bits per heavy atom. The predicted molar refractivity (Wildman–Crippen MR) is 153 cm³/mol. The van der Waals surface area contributed by atoms with Crippen LogP contribution in [0.1, 0.15) is 43.7 Å². The van der Waals surface area contributed by atoms with Crippen molar-refractivity contribution in [2.24, 2.45) is 7.05 Å². The number of ether oxygens (including phenoxy) is 3. The van der Waals surface area contributed by atoms with Crippen molar-refractivity contribution < 1.29 is 27.4 Å². The molecule has 0 radical (unpaired) electrons. The van der Waals surface area contributed by atoms with Gasteiger partial charge in [0, 0.05) is 36.5 Å². The number of pyridine rings is 1. The van der Waals surface area contributed by atoms with Crippen molar-refractivity contribution in [1.82, 2.24) is 9.88 Å². The van der Waals surface area contributed by atoms with Gasteiger partial charge in [0.05, 0.1) is 23.9 Å². The average molecular weight is 569 g/mol. The molecule has 10 heteroatoms. The number of methoxy groups -OCH3 is 1. The molecular weight excluding hydrogens is 532 g/mol. The topological polar surface area (TPSA) is 113 Å². The third kappa shape index (κ3) is 6.50. The lowest BCUT2D eigenvalue weighted by Crippen LogP contribution is -2.39. The highest BCUT2D eigenvalue weighted by Gasteiger charge is 2.26. The number of amides is 1. The third-order valence-corrected chi connectivity index (χ3v) is 9.00. The highest BCUT2D eigenvalue weighted by molar-refractivity contribution is 7.91. The van der Waals surface area contributed by atoms with Gasteiger partial charge in [-0.3, -0.25) is 4.79 Å². The molecule has 1 saturated carbocycles. The molecule has 1 heterocycles. The summed E-state index contributed by atoms with van der Waals surface area (Å²) in [4.78, 5) is 24.5. The number of aromatic nitrogens is 1. The molecule has 0 unspecified atom stereocenters. The molecule has 0 bridgehead atoms. The number of carbonyl (C=O) groups is 1. The van der Waals surface area contributed by atoms with E-state index < -0.39 is 15.9 Å². The molecule has 1 aliphatic carbocycles. The molecule has 40 heavy (non-hydrogen) atoms. The van der Waals surface area contributed by atoms with E-state index >= 15 is 0 Å². The van der Waals surface area contributed by atoms with Crippen molar-refractivity contribution in [2.45, 2.75) is 63.5 Å². The number of alkyl carbamates (subject to hydrolysis) is 1. The van der Waals surface area contributed by atoms with Gasteiger partial charge in [-0.2, -0.15) is 0 Å². The predicted octanol–water partition coefficient (Wildman–Crippen LogP) is 5.30. The number of hydrogen-bond acceptors (Lipinski definition) is 7. The van der Waals surface area contributed by atoms with E-state index in [1.54, 1.807) is 38.4 Å². The van der Waals surface area contributed by atoms with E-state index in [4.69, 9.17) is 14.2 Å². The van der Waals surface area contributed by atoms with Crippen molar-refractivity contribution in [2.75, 3.05) is 12.9 Å². The molecule has 1 amide bonds. The first-order valence-electron chi connectivity index (χ1n) is 13.4. The van der Waals surface area contributed by atoms with Gasteiger partial charge in [-0.1, -0.05) is 25.1 Å². The second-order valence-corrected chi connectivity index (χ2v) is 12.4. The standard InChI is InChI=1S/C30H36N2O7S/c1-6-40(35,36)23-14-15-26(39-29-19(2)8-7-9-20(29)3)24(16-23)25-18-32(4)28(33)17-27(25)38-22-12-10-21(11-13-22)31-30(34)37-5/h7-9,14-18,21-22H,6,10-13H2,1-5H3,(H,31,34)/t21-,22-. The zero-order valence-corrected chi connectivity index (χ0v) is 24.3. The summed E-state index contributed by atoms with van der Waals surface area (Å²) in [5, 5.41) is 2.83. The summed E-state index contributed by atoms with van der Waals surface area (Å²) in [5.41, 5.74) is 2.67. The maximum absolute atomic E-state index is 12.8. The Bertz CT molecular complexity index is 1530.